The molecule has 0 spiro atoms. The van der Waals surface area contributed by atoms with Crippen molar-refractivity contribution in [2.75, 3.05) is 6.54 Å². The highest BCUT2D eigenvalue weighted by Gasteiger charge is 2.23. The van der Waals surface area contributed by atoms with Crippen molar-refractivity contribution < 1.29 is 5.11 Å². The van der Waals surface area contributed by atoms with Gasteiger partial charge in [0.2, 0.25) is 0 Å². The summed E-state index contributed by atoms with van der Waals surface area (Å²) in [7, 11) is 0. The van der Waals surface area contributed by atoms with Gasteiger partial charge in [0.1, 0.15) is 0 Å². The molecular formula is C14H24N2O. The first kappa shape index (κ1) is 14.1. The Morgan fingerprint density at radius 2 is 1.76 bits per heavy atom. The average Bonchev–Trinajstić information content (AvgIpc) is 2.31. The summed E-state index contributed by atoms with van der Waals surface area (Å²) in [6.07, 6.45) is 7.36. The quantitative estimate of drug-likeness (QED) is 0.729. The molecule has 0 aliphatic carbocycles. The smallest absolute Gasteiger partial charge is 0.0771 e. The van der Waals surface area contributed by atoms with E-state index in [-0.39, 0.29) is 0 Å². The molecular weight excluding hydrogens is 212 g/mol. The third-order valence-electron chi connectivity index (χ3n) is 2.96. The third-order valence-corrected chi connectivity index (χ3v) is 2.96. The van der Waals surface area contributed by atoms with Gasteiger partial charge in [0.15, 0.2) is 0 Å². The summed E-state index contributed by atoms with van der Waals surface area (Å²) >= 11 is 0. The summed E-state index contributed by atoms with van der Waals surface area (Å²) in [6.45, 7) is 5.68. The molecule has 0 radical (unpaired) electrons. The topological polar surface area (TPSA) is 45.1 Å². The highest BCUT2D eigenvalue weighted by Crippen LogP contribution is 2.18. The molecule has 0 fully saturated rings. The second kappa shape index (κ2) is 7.41. The Balaban J connectivity index is 2.37. The molecule has 2 N–H and O–H groups in total. The number of nitrogens with one attached hydrogen (secondary N) is 1. The van der Waals surface area contributed by atoms with Crippen LogP contribution in [-0.2, 0) is 6.54 Å². The molecule has 0 saturated heterocycles. The second-order valence-corrected chi connectivity index (χ2v) is 4.68. The number of pyridine rings is 1. The second-order valence-electron chi connectivity index (χ2n) is 4.68. The first-order chi connectivity index (χ1) is 8.20. The van der Waals surface area contributed by atoms with Crippen LogP contribution >= 0.6 is 0 Å². The normalized spacial score (nSPS) is 11.7. The lowest BCUT2D eigenvalue weighted by molar-refractivity contribution is 0.0215. The van der Waals surface area contributed by atoms with Crippen LogP contribution in [0.25, 0.3) is 0 Å². The Morgan fingerprint density at radius 1 is 1.18 bits per heavy atom. The van der Waals surface area contributed by atoms with E-state index in [1.165, 1.54) is 5.56 Å². The van der Waals surface area contributed by atoms with Crippen molar-refractivity contribution in [3.05, 3.63) is 30.1 Å². The van der Waals surface area contributed by atoms with Crippen molar-refractivity contribution in [2.45, 2.75) is 51.7 Å². The molecule has 0 aliphatic heterocycles. The van der Waals surface area contributed by atoms with E-state index in [1.54, 1.807) is 12.4 Å². The van der Waals surface area contributed by atoms with Gasteiger partial charge in [0, 0.05) is 25.5 Å². The minimum Gasteiger partial charge on any atom is -0.389 e. The molecule has 1 rings (SSSR count). The van der Waals surface area contributed by atoms with Crippen molar-refractivity contribution in [1.82, 2.24) is 10.3 Å². The van der Waals surface area contributed by atoms with E-state index in [4.69, 9.17) is 0 Å². The zero-order valence-corrected chi connectivity index (χ0v) is 10.9. The molecule has 3 heteroatoms. The summed E-state index contributed by atoms with van der Waals surface area (Å²) < 4.78 is 0. The van der Waals surface area contributed by atoms with Crippen molar-refractivity contribution in [3.8, 4) is 0 Å². The van der Waals surface area contributed by atoms with Gasteiger partial charge in [0.25, 0.3) is 0 Å². The molecule has 3 nitrogen and oxygen atoms in total. The van der Waals surface area contributed by atoms with Gasteiger partial charge >= 0.3 is 0 Å². The lowest BCUT2D eigenvalue weighted by Gasteiger charge is -2.28. The monoisotopic (exact) mass is 236 g/mol. The van der Waals surface area contributed by atoms with E-state index in [2.05, 4.69) is 24.1 Å². The first-order valence-electron chi connectivity index (χ1n) is 6.52. The summed E-state index contributed by atoms with van der Waals surface area (Å²) in [6, 6.07) is 3.98. The molecule has 0 amide bonds. The van der Waals surface area contributed by atoms with E-state index < -0.39 is 5.60 Å². The van der Waals surface area contributed by atoms with Crippen LogP contribution < -0.4 is 5.32 Å². The molecule has 0 aromatic carbocycles. The molecule has 1 aromatic heterocycles. The van der Waals surface area contributed by atoms with Gasteiger partial charge < -0.3 is 10.4 Å². The van der Waals surface area contributed by atoms with Crippen molar-refractivity contribution in [2.24, 2.45) is 0 Å². The Morgan fingerprint density at radius 3 is 2.29 bits per heavy atom. The minimum absolute atomic E-state index is 0.545. The van der Waals surface area contributed by atoms with Gasteiger partial charge in [-0.1, -0.05) is 26.7 Å². The number of aliphatic hydroxyl groups is 1. The van der Waals surface area contributed by atoms with Crippen LogP contribution in [0.15, 0.2) is 24.5 Å². The fourth-order valence-electron chi connectivity index (χ4n) is 2.17. The Labute approximate surface area is 104 Å². The number of hydrogen-bond donors (Lipinski definition) is 2. The van der Waals surface area contributed by atoms with Crippen molar-refractivity contribution >= 4 is 0 Å². The van der Waals surface area contributed by atoms with Gasteiger partial charge in [-0.25, -0.2) is 0 Å². The Hall–Kier alpha value is -0.930. The molecule has 17 heavy (non-hydrogen) atoms. The van der Waals surface area contributed by atoms with Crippen LogP contribution in [0.3, 0.4) is 0 Å². The lowest BCUT2D eigenvalue weighted by Crippen LogP contribution is -2.40. The summed E-state index contributed by atoms with van der Waals surface area (Å²) in [5.41, 5.74) is 0.659. The summed E-state index contributed by atoms with van der Waals surface area (Å²) in [5.74, 6) is 0. The zero-order valence-electron chi connectivity index (χ0n) is 10.9. The maximum Gasteiger partial charge on any atom is 0.0771 e. The highest BCUT2D eigenvalue weighted by molar-refractivity contribution is 5.09. The van der Waals surface area contributed by atoms with Crippen molar-refractivity contribution in [1.29, 1.82) is 0 Å². The molecule has 0 atom stereocenters. The van der Waals surface area contributed by atoms with E-state index in [1.807, 2.05) is 12.1 Å². The van der Waals surface area contributed by atoms with E-state index in [0.29, 0.717) is 6.54 Å². The highest BCUT2D eigenvalue weighted by atomic mass is 16.3. The van der Waals surface area contributed by atoms with Gasteiger partial charge in [-0.2, -0.15) is 0 Å². The molecule has 1 aromatic rings. The molecule has 96 valence electrons. The minimum atomic E-state index is -0.545. The van der Waals surface area contributed by atoms with Crippen LogP contribution in [0, 0.1) is 0 Å². The average molecular weight is 236 g/mol. The summed E-state index contributed by atoms with van der Waals surface area (Å²) in [4.78, 5) is 3.98. The van der Waals surface area contributed by atoms with Gasteiger partial charge in [-0.05, 0) is 30.5 Å². The van der Waals surface area contributed by atoms with E-state index in [0.717, 1.165) is 32.2 Å². The lowest BCUT2D eigenvalue weighted by atomic mass is 9.92. The molecule has 0 bridgehead atoms. The van der Waals surface area contributed by atoms with E-state index >= 15 is 0 Å². The molecule has 1 heterocycles. The van der Waals surface area contributed by atoms with E-state index in [9.17, 15) is 5.11 Å². The zero-order chi connectivity index (χ0) is 12.6. The van der Waals surface area contributed by atoms with Crippen LogP contribution in [0.5, 0.6) is 0 Å². The van der Waals surface area contributed by atoms with Crippen molar-refractivity contribution in [3.63, 3.8) is 0 Å². The molecule has 0 saturated carbocycles. The summed E-state index contributed by atoms with van der Waals surface area (Å²) in [5, 5.41) is 13.7. The first-order valence-corrected chi connectivity index (χ1v) is 6.52. The van der Waals surface area contributed by atoms with Gasteiger partial charge in [-0.15, -0.1) is 0 Å². The van der Waals surface area contributed by atoms with Gasteiger partial charge in [-0.3, -0.25) is 4.98 Å². The largest absolute Gasteiger partial charge is 0.389 e. The number of rotatable bonds is 8. The number of hydrogen-bond acceptors (Lipinski definition) is 3. The number of aromatic nitrogens is 1. The maximum atomic E-state index is 10.4. The SMILES string of the molecule is CCCC(O)(CCC)CNCc1ccncc1. The Kier molecular flexibility index (Phi) is 6.16. The predicted molar refractivity (Wildman–Crippen MR) is 70.7 cm³/mol. The van der Waals surface area contributed by atoms with Crippen LogP contribution in [0.2, 0.25) is 0 Å². The fraction of sp³-hybridized carbons (Fsp3) is 0.643. The number of nitrogens with zero attached hydrogens (tertiary/aromatic N) is 1. The third kappa shape index (κ3) is 5.29. The fourth-order valence-corrected chi connectivity index (χ4v) is 2.17. The standard InChI is InChI=1S/C14H24N2O/c1-3-7-14(17,8-4-2)12-16-11-13-5-9-15-10-6-13/h5-6,9-10,16-17H,3-4,7-8,11-12H2,1-2H3. The maximum absolute atomic E-state index is 10.4. The molecule has 0 unspecified atom stereocenters. The Bertz CT molecular complexity index is 294. The van der Waals surface area contributed by atoms with Crippen LogP contribution in [0.1, 0.15) is 45.1 Å². The predicted octanol–water partition coefficient (Wildman–Crippen LogP) is 2.50. The van der Waals surface area contributed by atoms with Crippen LogP contribution in [-0.4, -0.2) is 22.2 Å². The van der Waals surface area contributed by atoms with Gasteiger partial charge in [0.05, 0.1) is 5.60 Å². The van der Waals surface area contributed by atoms with Crippen LogP contribution in [0.4, 0.5) is 0 Å². The molecule has 0 aliphatic rings.